The van der Waals surface area contributed by atoms with Crippen LogP contribution in [0.3, 0.4) is 0 Å². The summed E-state index contributed by atoms with van der Waals surface area (Å²) in [6.45, 7) is 2.04. The van der Waals surface area contributed by atoms with Crippen molar-refractivity contribution in [3.8, 4) is 0 Å². The average Bonchev–Trinajstić information content (AvgIpc) is 2.68. The third kappa shape index (κ3) is 7.14. The zero-order valence-corrected chi connectivity index (χ0v) is 17.7. The first-order valence-electron chi connectivity index (χ1n) is 8.95. The number of ether oxygens (including phenoxy) is 1. The maximum absolute atomic E-state index is 13.0. The number of nitrogens with one attached hydrogen (secondary N) is 1. The number of halogens is 5. The molecule has 1 saturated heterocycles. The van der Waals surface area contributed by atoms with Crippen molar-refractivity contribution in [2.45, 2.75) is 25.4 Å². The molecule has 1 fully saturated rings. The quantitative estimate of drug-likeness (QED) is 0.703. The molecule has 166 valence electrons. The highest BCUT2D eigenvalue weighted by molar-refractivity contribution is 5.94. The Morgan fingerprint density at radius 3 is 2.47 bits per heavy atom. The number of benzene rings is 2. The fourth-order valence-corrected chi connectivity index (χ4v) is 3.11. The number of carbonyl (C=O) groups is 1. The van der Waals surface area contributed by atoms with Gasteiger partial charge >= 0.3 is 6.18 Å². The molecule has 1 amide bonds. The number of alkyl halides is 3. The maximum atomic E-state index is 13.0. The van der Waals surface area contributed by atoms with Crippen molar-refractivity contribution in [2.75, 3.05) is 25.0 Å². The molecule has 0 spiro atoms. The van der Waals surface area contributed by atoms with Gasteiger partial charge in [0.15, 0.2) is 0 Å². The van der Waals surface area contributed by atoms with Crippen LogP contribution < -0.4 is 11.1 Å². The van der Waals surface area contributed by atoms with E-state index in [4.69, 9.17) is 10.5 Å². The number of rotatable bonds is 5. The van der Waals surface area contributed by atoms with Gasteiger partial charge in [0.05, 0.1) is 12.2 Å². The number of nitrogens with two attached hydrogens (primary N) is 1. The van der Waals surface area contributed by atoms with Crippen LogP contribution in [0, 0.1) is 0 Å². The Morgan fingerprint density at radius 1 is 1.13 bits per heavy atom. The van der Waals surface area contributed by atoms with Gasteiger partial charge in [0, 0.05) is 31.9 Å². The van der Waals surface area contributed by atoms with Gasteiger partial charge in [0.2, 0.25) is 0 Å². The highest BCUT2D eigenvalue weighted by Crippen LogP contribution is 2.32. The van der Waals surface area contributed by atoms with Crippen molar-refractivity contribution in [3.05, 3.63) is 65.2 Å². The molecule has 1 heterocycles. The zero-order valence-electron chi connectivity index (χ0n) is 16.0. The number of hydrogen-bond acceptors (Lipinski definition) is 4. The Bertz CT molecular complexity index is 823. The SMILES string of the molecule is Cl.Cl.NCc1cc(NC(=O)C2CN(Cc3ccccc3)CCO2)cc(C(F)(F)F)c1. The number of anilines is 1. The molecule has 5 nitrogen and oxygen atoms in total. The molecular formula is C20H24Cl2F3N3O2. The lowest BCUT2D eigenvalue weighted by Gasteiger charge is -2.32. The van der Waals surface area contributed by atoms with Crippen LogP contribution in [0.1, 0.15) is 16.7 Å². The molecule has 0 aliphatic carbocycles. The van der Waals surface area contributed by atoms with Gasteiger partial charge in [0.25, 0.3) is 5.91 Å². The summed E-state index contributed by atoms with van der Waals surface area (Å²) >= 11 is 0. The minimum absolute atomic E-state index is 0. The predicted octanol–water partition coefficient (Wildman–Crippen LogP) is 3.85. The molecule has 0 bridgehead atoms. The zero-order chi connectivity index (χ0) is 20.1. The largest absolute Gasteiger partial charge is 0.416 e. The molecule has 1 unspecified atom stereocenters. The third-order valence-electron chi connectivity index (χ3n) is 4.52. The number of nitrogens with zero attached hydrogens (tertiary/aromatic N) is 1. The first-order valence-corrected chi connectivity index (χ1v) is 8.95. The summed E-state index contributed by atoms with van der Waals surface area (Å²) in [6, 6.07) is 13.2. The second kappa shape index (κ2) is 11.5. The van der Waals surface area contributed by atoms with E-state index in [1.807, 2.05) is 30.3 Å². The molecule has 1 atom stereocenters. The van der Waals surface area contributed by atoms with Crippen molar-refractivity contribution in [2.24, 2.45) is 5.73 Å². The molecule has 2 aromatic rings. The van der Waals surface area contributed by atoms with Gasteiger partial charge in [-0.2, -0.15) is 13.2 Å². The summed E-state index contributed by atoms with van der Waals surface area (Å²) < 4.78 is 44.7. The minimum atomic E-state index is -4.52. The Morgan fingerprint density at radius 2 is 1.83 bits per heavy atom. The molecular weight excluding hydrogens is 442 g/mol. The van der Waals surface area contributed by atoms with Crippen LogP contribution in [0.4, 0.5) is 18.9 Å². The van der Waals surface area contributed by atoms with Crippen LogP contribution >= 0.6 is 24.8 Å². The van der Waals surface area contributed by atoms with Gasteiger partial charge < -0.3 is 15.8 Å². The maximum Gasteiger partial charge on any atom is 0.416 e. The van der Waals surface area contributed by atoms with Crippen LogP contribution in [-0.4, -0.2) is 36.6 Å². The van der Waals surface area contributed by atoms with E-state index in [0.717, 1.165) is 17.7 Å². The van der Waals surface area contributed by atoms with Crippen LogP contribution in [0.5, 0.6) is 0 Å². The summed E-state index contributed by atoms with van der Waals surface area (Å²) in [5, 5.41) is 2.54. The van der Waals surface area contributed by atoms with Crippen LogP contribution in [-0.2, 0) is 28.8 Å². The molecule has 0 aromatic heterocycles. The lowest BCUT2D eigenvalue weighted by atomic mass is 10.1. The molecule has 0 saturated carbocycles. The molecule has 2 aromatic carbocycles. The second-order valence-corrected chi connectivity index (χ2v) is 6.69. The van der Waals surface area contributed by atoms with Gasteiger partial charge in [-0.05, 0) is 29.3 Å². The number of morpholine rings is 1. The van der Waals surface area contributed by atoms with Gasteiger partial charge in [0.1, 0.15) is 6.10 Å². The number of carbonyl (C=O) groups excluding carboxylic acids is 1. The van der Waals surface area contributed by atoms with Gasteiger partial charge in [-0.3, -0.25) is 9.69 Å². The lowest BCUT2D eigenvalue weighted by Crippen LogP contribution is -2.47. The summed E-state index contributed by atoms with van der Waals surface area (Å²) in [7, 11) is 0. The van der Waals surface area contributed by atoms with E-state index in [9.17, 15) is 18.0 Å². The number of hydrogen-bond donors (Lipinski definition) is 2. The van der Waals surface area contributed by atoms with Crippen molar-refractivity contribution >= 4 is 36.4 Å². The van der Waals surface area contributed by atoms with Crippen LogP contribution in [0.25, 0.3) is 0 Å². The first kappa shape index (κ1) is 26.2. The van der Waals surface area contributed by atoms with E-state index < -0.39 is 23.8 Å². The smallest absolute Gasteiger partial charge is 0.366 e. The molecule has 3 N–H and O–H groups in total. The second-order valence-electron chi connectivity index (χ2n) is 6.69. The Hall–Kier alpha value is -1.84. The fourth-order valence-electron chi connectivity index (χ4n) is 3.11. The highest BCUT2D eigenvalue weighted by Gasteiger charge is 2.32. The van der Waals surface area contributed by atoms with Crippen LogP contribution in [0.15, 0.2) is 48.5 Å². The topological polar surface area (TPSA) is 67.6 Å². The first-order chi connectivity index (χ1) is 13.3. The van der Waals surface area contributed by atoms with Crippen molar-refractivity contribution in [1.82, 2.24) is 4.90 Å². The van der Waals surface area contributed by atoms with Crippen LogP contribution in [0.2, 0.25) is 0 Å². The molecule has 0 radical (unpaired) electrons. The summed E-state index contributed by atoms with van der Waals surface area (Å²) in [6.07, 6.45) is -5.27. The third-order valence-corrected chi connectivity index (χ3v) is 4.52. The van der Waals surface area contributed by atoms with Gasteiger partial charge in [-0.15, -0.1) is 24.8 Å². The predicted molar refractivity (Wildman–Crippen MR) is 114 cm³/mol. The molecule has 3 rings (SSSR count). The summed E-state index contributed by atoms with van der Waals surface area (Å²) in [5.41, 5.74) is 6.11. The highest BCUT2D eigenvalue weighted by atomic mass is 35.5. The summed E-state index contributed by atoms with van der Waals surface area (Å²) in [5.74, 6) is -0.472. The fraction of sp³-hybridized carbons (Fsp3) is 0.350. The van der Waals surface area contributed by atoms with Crippen molar-refractivity contribution in [1.29, 1.82) is 0 Å². The molecule has 30 heavy (non-hydrogen) atoms. The van der Waals surface area contributed by atoms with E-state index in [-0.39, 0.29) is 37.0 Å². The Labute approximate surface area is 185 Å². The molecule has 1 aliphatic rings. The standard InChI is InChI=1S/C20H22F3N3O2.2ClH/c21-20(22,23)16-8-15(11-24)9-17(10-16)25-19(27)18-13-26(6-7-28-18)12-14-4-2-1-3-5-14;;/h1-5,8-10,18H,6-7,11-13,24H2,(H,25,27);2*1H. The van der Waals surface area contributed by atoms with E-state index >= 15 is 0 Å². The van der Waals surface area contributed by atoms with E-state index in [1.54, 1.807) is 0 Å². The van der Waals surface area contributed by atoms with E-state index in [1.165, 1.54) is 6.07 Å². The average molecular weight is 466 g/mol. The molecule has 1 aliphatic heterocycles. The van der Waals surface area contributed by atoms with Gasteiger partial charge in [-0.25, -0.2) is 0 Å². The van der Waals surface area contributed by atoms with Crippen molar-refractivity contribution in [3.63, 3.8) is 0 Å². The van der Waals surface area contributed by atoms with Gasteiger partial charge in [-0.1, -0.05) is 30.3 Å². The normalized spacial score (nSPS) is 16.9. The molecule has 10 heteroatoms. The lowest BCUT2D eigenvalue weighted by molar-refractivity contribution is -0.137. The number of amides is 1. The monoisotopic (exact) mass is 465 g/mol. The Balaban J connectivity index is 0.00000225. The van der Waals surface area contributed by atoms with Crippen molar-refractivity contribution < 1.29 is 22.7 Å². The van der Waals surface area contributed by atoms with E-state index in [2.05, 4.69) is 10.2 Å². The summed E-state index contributed by atoms with van der Waals surface area (Å²) in [4.78, 5) is 14.6. The Kier molecular flexibility index (Phi) is 10.1. The van der Waals surface area contributed by atoms with E-state index in [0.29, 0.717) is 31.8 Å². The minimum Gasteiger partial charge on any atom is -0.366 e.